The summed E-state index contributed by atoms with van der Waals surface area (Å²) in [5, 5.41) is 0.329. The highest BCUT2D eigenvalue weighted by molar-refractivity contribution is 9.10. The smallest absolute Gasteiger partial charge is 0.196 e. The van der Waals surface area contributed by atoms with Crippen molar-refractivity contribution in [1.29, 1.82) is 0 Å². The Bertz CT molecular complexity index is 412. The third kappa shape index (κ3) is 2.94. The molecular formula is C9H11BrClN3OS. The lowest BCUT2D eigenvalue weighted by Gasteiger charge is -2.15. The van der Waals surface area contributed by atoms with Crippen LogP contribution in [0, 0.1) is 0 Å². The zero-order valence-corrected chi connectivity index (χ0v) is 11.6. The van der Waals surface area contributed by atoms with Crippen molar-refractivity contribution in [2.45, 2.75) is 12.8 Å². The highest BCUT2D eigenvalue weighted by Crippen LogP contribution is 2.24. The largest absolute Gasteiger partial charge is 0.289 e. The Morgan fingerprint density at radius 3 is 2.88 bits per heavy atom. The maximum absolute atomic E-state index is 11.9. The van der Waals surface area contributed by atoms with Crippen molar-refractivity contribution in [3.63, 3.8) is 0 Å². The summed E-state index contributed by atoms with van der Waals surface area (Å²) in [5.74, 6) is 0. The van der Waals surface area contributed by atoms with Crippen molar-refractivity contribution in [3.8, 4) is 0 Å². The molecule has 1 N–H and O–H groups in total. The van der Waals surface area contributed by atoms with Crippen molar-refractivity contribution >= 4 is 44.4 Å². The molecule has 1 saturated heterocycles. The number of rotatable bonds is 3. The Balaban J connectivity index is 2.07. The molecule has 0 aliphatic carbocycles. The van der Waals surface area contributed by atoms with E-state index in [-0.39, 0.29) is 0 Å². The summed E-state index contributed by atoms with van der Waals surface area (Å²) in [4.78, 5) is 3.96. The molecule has 0 radical (unpaired) electrons. The van der Waals surface area contributed by atoms with Crippen LogP contribution in [0.25, 0.3) is 0 Å². The number of halogens is 2. The standard InChI is InChI=1S/C9H11BrClN3OS/c10-7-5-8(9(11)12-6-7)13-16(15)14-3-1-2-4-14/h5-6,13H,1-4H2. The first-order valence-electron chi connectivity index (χ1n) is 4.91. The van der Waals surface area contributed by atoms with Gasteiger partial charge in [0.15, 0.2) is 16.3 Å². The normalized spacial score (nSPS) is 18.6. The van der Waals surface area contributed by atoms with Crippen LogP contribution in [0.5, 0.6) is 0 Å². The molecule has 0 aromatic carbocycles. The van der Waals surface area contributed by atoms with Gasteiger partial charge in [-0.05, 0) is 34.8 Å². The molecule has 1 fully saturated rings. The third-order valence-electron chi connectivity index (χ3n) is 2.30. The molecule has 16 heavy (non-hydrogen) atoms. The Kier molecular flexibility index (Phi) is 4.18. The molecule has 1 aliphatic heterocycles. The number of pyridine rings is 1. The number of hydrogen-bond donors (Lipinski definition) is 1. The van der Waals surface area contributed by atoms with Crippen LogP contribution < -0.4 is 4.72 Å². The number of hydrogen-bond acceptors (Lipinski definition) is 2. The van der Waals surface area contributed by atoms with Crippen LogP contribution in [0.4, 0.5) is 5.69 Å². The van der Waals surface area contributed by atoms with Gasteiger partial charge >= 0.3 is 0 Å². The zero-order valence-electron chi connectivity index (χ0n) is 8.45. The second-order valence-corrected chi connectivity index (χ2v) is 5.97. The minimum Gasteiger partial charge on any atom is -0.289 e. The molecule has 1 unspecified atom stereocenters. The van der Waals surface area contributed by atoms with Gasteiger partial charge < -0.3 is 0 Å². The van der Waals surface area contributed by atoms with Crippen molar-refractivity contribution in [1.82, 2.24) is 9.29 Å². The lowest BCUT2D eigenvalue weighted by Crippen LogP contribution is -2.27. The lowest BCUT2D eigenvalue weighted by molar-refractivity contribution is 0.540. The topological polar surface area (TPSA) is 45.2 Å². The summed E-state index contributed by atoms with van der Waals surface area (Å²) >= 11 is 7.97. The first-order valence-corrected chi connectivity index (χ1v) is 7.19. The molecule has 1 atom stereocenters. The second kappa shape index (κ2) is 5.44. The Labute approximate surface area is 110 Å². The fourth-order valence-corrected chi connectivity index (χ4v) is 3.11. The van der Waals surface area contributed by atoms with Gasteiger partial charge in [-0.25, -0.2) is 13.5 Å². The molecule has 0 amide bonds. The van der Waals surface area contributed by atoms with Crippen molar-refractivity contribution in [3.05, 3.63) is 21.9 Å². The molecule has 0 spiro atoms. The van der Waals surface area contributed by atoms with E-state index in [1.54, 1.807) is 12.3 Å². The number of nitrogens with one attached hydrogen (secondary N) is 1. The summed E-state index contributed by atoms with van der Waals surface area (Å²) < 4.78 is 17.5. The van der Waals surface area contributed by atoms with E-state index in [1.165, 1.54) is 0 Å². The van der Waals surface area contributed by atoms with Gasteiger partial charge in [-0.2, -0.15) is 0 Å². The van der Waals surface area contributed by atoms with E-state index in [0.717, 1.165) is 30.4 Å². The van der Waals surface area contributed by atoms with Crippen LogP contribution in [0.3, 0.4) is 0 Å². The summed E-state index contributed by atoms with van der Waals surface area (Å²) in [7, 11) is 0. The van der Waals surface area contributed by atoms with E-state index in [0.29, 0.717) is 10.8 Å². The third-order valence-corrected chi connectivity index (χ3v) is 4.27. The average Bonchev–Trinajstić information content (AvgIpc) is 2.76. The molecule has 0 bridgehead atoms. The average molecular weight is 325 g/mol. The molecule has 4 nitrogen and oxygen atoms in total. The van der Waals surface area contributed by atoms with E-state index in [4.69, 9.17) is 11.6 Å². The molecule has 7 heteroatoms. The highest BCUT2D eigenvalue weighted by Gasteiger charge is 2.18. The highest BCUT2D eigenvalue weighted by atomic mass is 79.9. The Hall–Kier alpha value is -0.170. The Morgan fingerprint density at radius 1 is 1.50 bits per heavy atom. The summed E-state index contributed by atoms with van der Waals surface area (Å²) in [5.41, 5.74) is 0.585. The molecule has 88 valence electrons. The van der Waals surface area contributed by atoms with E-state index < -0.39 is 11.2 Å². The quantitative estimate of drug-likeness (QED) is 0.869. The van der Waals surface area contributed by atoms with E-state index in [2.05, 4.69) is 25.6 Å². The Morgan fingerprint density at radius 2 is 2.19 bits per heavy atom. The number of anilines is 1. The van der Waals surface area contributed by atoms with Gasteiger partial charge in [-0.3, -0.25) is 4.72 Å². The molecular weight excluding hydrogens is 314 g/mol. The van der Waals surface area contributed by atoms with Crippen molar-refractivity contribution in [2.75, 3.05) is 17.8 Å². The van der Waals surface area contributed by atoms with Crippen LogP contribution in [-0.4, -0.2) is 26.6 Å². The van der Waals surface area contributed by atoms with Crippen LogP contribution in [0.2, 0.25) is 5.15 Å². The van der Waals surface area contributed by atoms with E-state index >= 15 is 0 Å². The minimum absolute atomic E-state index is 0.329. The molecule has 2 heterocycles. The van der Waals surface area contributed by atoms with Crippen LogP contribution in [0.15, 0.2) is 16.7 Å². The molecule has 1 aliphatic rings. The summed E-state index contributed by atoms with van der Waals surface area (Å²) in [6.07, 6.45) is 3.79. The fourth-order valence-electron chi connectivity index (χ4n) is 1.51. The van der Waals surface area contributed by atoms with Gasteiger partial charge in [-0.1, -0.05) is 11.6 Å². The zero-order chi connectivity index (χ0) is 11.5. The summed E-state index contributed by atoms with van der Waals surface area (Å²) in [6, 6.07) is 1.77. The van der Waals surface area contributed by atoms with Crippen molar-refractivity contribution in [2.24, 2.45) is 0 Å². The van der Waals surface area contributed by atoms with Crippen LogP contribution in [0.1, 0.15) is 12.8 Å². The molecule has 2 rings (SSSR count). The maximum Gasteiger partial charge on any atom is 0.196 e. The van der Waals surface area contributed by atoms with Gasteiger partial charge in [0.1, 0.15) is 0 Å². The van der Waals surface area contributed by atoms with Gasteiger partial charge in [0.2, 0.25) is 0 Å². The minimum atomic E-state index is -1.23. The fraction of sp³-hybridized carbons (Fsp3) is 0.444. The van der Waals surface area contributed by atoms with Gasteiger partial charge in [0.25, 0.3) is 0 Å². The van der Waals surface area contributed by atoms with E-state index in [9.17, 15) is 4.21 Å². The molecule has 1 aromatic heterocycles. The van der Waals surface area contributed by atoms with E-state index in [1.807, 2.05) is 4.31 Å². The lowest BCUT2D eigenvalue weighted by atomic mass is 10.4. The molecule has 1 aromatic rings. The van der Waals surface area contributed by atoms with Crippen LogP contribution in [-0.2, 0) is 11.2 Å². The van der Waals surface area contributed by atoms with Gasteiger partial charge in [-0.15, -0.1) is 0 Å². The first-order chi connectivity index (χ1) is 7.66. The monoisotopic (exact) mass is 323 g/mol. The predicted octanol–water partition coefficient (Wildman–Crippen LogP) is 2.58. The number of nitrogens with zero attached hydrogens (tertiary/aromatic N) is 2. The predicted molar refractivity (Wildman–Crippen MR) is 69.5 cm³/mol. The first kappa shape index (κ1) is 12.3. The number of aromatic nitrogens is 1. The van der Waals surface area contributed by atoms with Crippen molar-refractivity contribution < 1.29 is 4.21 Å². The summed E-state index contributed by atoms with van der Waals surface area (Å²) in [6.45, 7) is 1.72. The maximum atomic E-state index is 11.9. The molecule has 0 saturated carbocycles. The second-order valence-electron chi connectivity index (χ2n) is 3.48. The van der Waals surface area contributed by atoms with Crippen LogP contribution >= 0.6 is 27.5 Å². The van der Waals surface area contributed by atoms with Gasteiger partial charge in [0.05, 0.1) is 5.69 Å². The van der Waals surface area contributed by atoms with Gasteiger partial charge in [0, 0.05) is 23.8 Å². The SMILES string of the molecule is O=S(Nc1cc(Br)cnc1Cl)N1CCCC1.